The molecule has 0 saturated carbocycles. The molecule has 0 fully saturated rings. The summed E-state index contributed by atoms with van der Waals surface area (Å²) in [4.78, 5) is 5.50. The Kier molecular flexibility index (Phi) is 3.37. The molecule has 0 bridgehead atoms. The molecule has 0 N–H and O–H groups in total. The minimum atomic E-state index is 0.877. The van der Waals surface area contributed by atoms with Crippen molar-refractivity contribution in [2.45, 2.75) is 6.92 Å². The van der Waals surface area contributed by atoms with Gasteiger partial charge in [-0.2, -0.15) is 0 Å². The normalized spacial score (nSPS) is 10.9. The zero-order valence-corrected chi connectivity index (χ0v) is 10.1. The van der Waals surface area contributed by atoms with Crippen LogP contribution in [0.3, 0.4) is 0 Å². The monoisotopic (exact) mass is 231 g/mol. The second-order valence-corrected chi connectivity index (χ2v) is 4.68. The summed E-state index contributed by atoms with van der Waals surface area (Å²) in [5.41, 5.74) is 1.15. The Bertz CT molecular complexity index is 485. The second kappa shape index (κ2) is 4.94. The molecular formula is C13H13NOS. The lowest BCUT2D eigenvalue weighted by Gasteiger charge is -1.98. The van der Waals surface area contributed by atoms with Gasteiger partial charge in [-0.05, 0) is 30.7 Å². The van der Waals surface area contributed by atoms with Gasteiger partial charge in [0.25, 0.3) is 0 Å². The van der Waals surface area contributed by atoms with Crippen LogP contribution in [0.15, 0.2) is 30.5 Å². The van der Waals surface area contributed by atoms with E-state index in [0.29, 0.717) is 0 Å². The molecule has 82 valence electrons. The minimum absolute atomic E-state index is 0.877. The van der Waals surface area contributed by atoms with Crippen LogP contribution >= 0.6 is 11.3 Å². The van der Waals surface area contributed by atoms with Crippen molar-refractivity contribution in [2.24, 2.45) is 0 Å². The average Bonchev–Trinajstić information content (AvgIpc) is 2.73. The van der Waals surface area contributed by atoms with Crippen LogP contribution in [-0.4, -0.2) is 12.1 Å². The first-order valence-corrected chi connectivity index (χ1v) is 5.84. The number of rotatable bonds is 3. The largest absolute Gasteiger partial charge is 0.497 e. The van der Waals surface area contributed by atoms with E-state index in [9.17, 15) is 0 Å². The van der Waals surface area contributed by atoms with Crippen molar-refractivity contribution in [2.75, 3.05) is 7.11 Å². The van der Waals surface area contributed by atoms with Gasteiger partial charge < -0.3 is 4.74 Å². The van der Waals surface area contributed by atoms with Gasteiger partial charge in [0.2, 0.25) is 0 Å². The lowest BCUT2D eigenvalue weighted by atomic mass is 10.2. The van der Waals surface area contributed by atoms with Crippen molar-refractivity contribution in [3.05, 3.63) is 45.9 Å². The summed E-state index contributed by atoms with van der Waals surface area (Å²) < 4.78 is 5.10. The van der Waals surface area contributed by atoms with Crippen molar-refractivity contribution in [3.63, 3.8) is 0 Å². The number of ether oxygens (including phenoxy) is 1. The number of methoxy groups -OCH3 is 1. The summed E-state index contributed by atoms with van der Waals surface area (Å²) in [7, 11) is 1.67. The maximum atomic E-state index is 5.10. The summed E-state index contributed by atoms with van der Waals surface area (Å²) in [5, 5.41) is 1.04. The van der Waals surface area contributed by atoms with Crippen molar-refractivity contribution in [1.29, 1.82) is 0 Å². The Morgan fingerprint density at radius 1 is 1.19 bits per heavy atom. The summed E-state index contributed by atoms with van der Waals surface area (Å²) in [6, 6.07) is 7.95. The van der Waals surface area contributed by atoms with E-state index in [1.165, 1.54) is 4.88 Å². The Hall–Kier alpha value is -1.61. The number of aryl methyl sites for hydroxylation is 1. The first-order chi connectivity index (χ1) is 7.78. The van der Waals surface area contributed by atoms with E-state index in [0.717, 1.165) is 16.3 Å². The standard InChI is InChI=1S/C13H13NOS/c1-10-9-14-13(16-10)8-5-11-3-6-12(15-2)7-4-11/h3-9H,1-2H3. The highest BCUT2D eigenvalue weighted by Gasteiger charge is 1.93. The molecule has 0 atom stereocenters. The van der Waals surface area contributed by atoms with Gasteiger partial charge in [0, 0.05) is 11.1 Å². The van der Waals surface area contributed by atoms with E-state index in [1.54, 1.807) is 18.4 Å². The average molecular weight is 231 g/mol. The van der Waals surface area contributed by atoms with Crippen LogP contribution in [0.4, 0.5) is 0 Å². The zero-order chi connectivity index (χ0) is 11.4. The van der Waals surface area contributed by atoms with E-state index in [-0.39, 0.29) is 0 Å². The summed E-state index contributed by atoms with van der Waals surface area (Å²) in [6.45, 7) is 2.06. The van der Waals surface area contributed by atoms with Crippen LogP contribution in [0.1, 0.15) is 15.4 Å². The molecule has 1 aromatic heterocycles. The fraction of sp³-hybridized carbons (Fsp3) is 0.154. The van der Waals surface area contributed by atoms with E-state index >= 15 is 0 Å². The Labute approximate surface area is 99.2 Å². The van der Waals surface area contributed by atoms with Gasteiger partial charge in [-0.3, -0.25) is 0 Å². The Balaban J connectivity index is 2.11. The van der Waals surface area contributed by atoms with Gasteiger partial charge in [-0.25, -0.2) is 4.98 Å². The van der Waals surface area contributed by atoms with Crippen molar-refractivity contribution in [3.8, 4) is 5.75 Å². The summed E-state index contributed by atoms with van der Waals surface area (Å²) in [5.74, 6) is 0.877. The molecule has 2 rings (SSSR count). The predicted octanol–water partition coefficient (Wildman–Crippen LogP) is 3.63. The molecule has 1 aromatic carbocycles. The van der Waals surface area contributed by atoms with Crippen LogP contribution in [0, 0.1) is 6.92 Å². The molecule has 0 aliphatic heterocycles. The van der Waals surface area contributed by atoms with Gasteiger partial charge in [0.15, 0.2) is 0 Å². The van der Waals surface area contributed by atoms with Crippen molar-refractivity contribution < 1.29 is 4.74 Å². The molecule has 0 aliphatic rings. The highest BCUT2D eigenvalue weighted by molar-refractivity contribution is 7.12. The SMILES string of the molecule is COc1ccc(C=Cc2ncc(C)s2)cc1. The van der Waals surface area contributed by atoms with Gasteiger partial charge in [-0.1, -0.05) is 18.2 Å². The smallest absolute Gasteiger partial charge is 0.118 e. The van der Waals surface area contributed by atoms with Gasteiger partial charge in [-0.15, -0.1) is 11.3 Å². The first-order valence-electron chi connectivity index (χ1n) is 5.02. The fourth-order valence-electron chi connectivity index (χ4n) is 1.33. The molecule has 1 heterocycles. The molecule has 2 aromatic rings. The molecule has 0 saturated heterocycles. The van der Waals surface area contributed by atoms with Gasteiger partial charge in [0.05, 0.1) is 7.11 Å². The summed E-state index contributed by atoms with van der Waals surface area (Å²) in [6.07, 6.45) is 5.97. The predicted molar refractivity (Wildman–Crippen MR) is 68.8 cm³/mol. The maximum Gasteiger partial charge on any atom is 0.118 e. The molecule has 0 spiro atoms. The topological polar surface area (TPSA) is 22.1 Å². The van der Waals surface area contributed by atoms with Crippen molar-refractivity contribution >= 4 is 23.5 Å². The molecule has 0 amide bonds. The molecular weight excluding hydrogens is 218 g/mol. The third kappa shape index (κ3) is 2.70. The van der Waals surface area contributed by atoms with Crippen LogP contribution < -0.4 is 4.74 Å². The summed E-state index contributed by atoms with van der Waals surface area (Å²) >= 11 is 1.69. The Morgan fingerprint density at radius 3 is 2.50 bits per heavy atom. The van der Waals surface area contributed by atoms with Crippen LogP contribution in [0.25, 0.3) is 12.2 Å². The lowest BCUT2D eigenvalue weighted by molar-refractivity contribution is 0.415. The molecule has 0 unspecified atom stereocenters. The van der Waals surface area contributed by atoms with E-state index < -0.39 is 0 Å². The van der Waals surface area contributed by atoms with E-state index in [2.05, 4.69) is 18.0 Å². The van der Waals surface area contributed by atoms with Gasteiger partial charge in [0.1, 0.15) is 10.8 Å². The number of benzene rings is 1. The fourth-order valence-corrected chi connectivity index (χ4v) is 2.01. The van der Waals surface area contributed by atoms with Crippen molar-refractivity contribution in [1.82, 2.24) is 4.98 Å². The third-order valence-corrected chi connectivity index (χ3v) is 3.05. The molecule has 16 heavy (non-hydrogen) atoms. The molecule has 0 radical (unpaired) electrons. The first kappa shape index (κ1) is 10.9. The van der Waals surface area contributed by atoms with E-state index in [4.69, 9.17) is 4.74 Å². The quantitative estimate of drug-likeness (QED) is 0.804. The number of hydrogen-bond donors (Lipinski definition) is 0. The number of hydrogen-bond acceptors (Lipinski definition) is 3. The third-order valence-electron chi connectivity index (χ3n) is 2.17. The zero-order valence-electron chi connectivity index (χ0n) is 9.31. The molecule has 3 heteroatoms. The maximum absolute atomic E-state index is 5.10. The Morgan fingerprint density at radius 2 is 1.94 bits per heavy atom. The highest BCUT2D eigenvalue weighted by Crippen LogP contribution is 2.16. The van der Waals surface area contributed by atoms with Gasteiger partial charge >= 0.3 is 0 Å². The minimum Gasteiger partial charge on any atom is -0.497 e. The lowest BCUT2D eigenvalue weighted by Crippen LogP contribution is -1.81. The number of nitrogens with zero attached hydrogens (tertiary/aromatic N) is 1. The molecule has 0 aliphatic carbocycles. The number of aromatic nitrogens is 1. The van der Waals surface area contributed by atoms with E-state index in [1.807, 2.05) is 36.5 Å². The van der Waals surface area contributed by atoms with Crippen LogP contribution in [-0.2, 0) is 0 Å². The van der Waals surface area contributed by atoms with Crippen LogP contribution in [0.2, 0.25) is 0 Å². The highest BCUT2D eigenvalue weighted by atomic mass is 32.1. The van der Waals surface area contributed by atoms with Crippen LogP contribution in [0.5, 0.6) is 5.75 Å². The molecule has 2 nitrogen and oxygen atoms in total. The number of thiazole rings is 1. The second-order valence-electron chi connectivity index (χ2n) is 3.42.